The number of carbonyl (C=O) groups is 1. The summed E-state index contributed by atoms with van der Waals surface area (Å²) in [6.07, 6.45) is 3.36. The standard InChI is InChI=1S/C26H34ClNO4S/c1-17(24(29)19-9-7-6-8-10-19)28(2)25(30)21(13-18-15-26(16-18,31-3)32-4)20-11-12-23(33-5)22(27)14-20/h6-12,14,17-18,21,24,29H,13,15-16H2,1-5H3/t17-,21-,24+/m1/s1. The first kappa shape index (κ1) is 26.0. The predicted molar refractivity (Wildman–Crippen MR) is 134 cm³/mol. The number of rotatable bonds is 10. The average molecular weight is 492 g/mol. The van der Waals surface area contributed by atoms with Crippen molar-refractivity contribution in [1.82, 2.24) is 4.90 Å². The maximum atomic E-state index is 13.8. The quantitative estimate of drug-likeness (QED) is 0.350. The maximum Gasteiger partial charge on any atom is 0.230 e. The number of hydrogen-bond acceptors (Lipinski definition) is 5. The molecule has 1 aliphatic rings. The second-order valence-corrected chi connectivity index (χ2v) is 10.1. The number of ether oxygens (including phenoxy) is 2. The van der Waals surface area contributed by atoms with E-state index in [1.165, 1.54) is 0 Å². The van der Waals surface area contributed by atoms with Gasteiger partial charge in [0.1, 0.15) is 0 Å². The maximum absolute atomic E-state index is 13.8. The zero-order valence-electron chi connectivity index (χ0n) is 20.0. The molecule has 1 fully saturated rings. The molecule has 2 aromatic rings. The molecule has 0 spiro atoms. The minimum Gasteiger partial charge on any atom is -0.386 e. The van der Waals surface area contributed by atoms with Gasteiger partial charge in [0, 0.05) is 39.0 Å². The number of thioether (sulfide) groups is 1. The third kappa shape index (κ3) is 5.75. The van der Waals surface area contributed by atoms with E-state index < -0.39 is 11.9 Å². The Bertz CT molecular complexity index is 929. The van der Waals surface area contributed by atoms with Crippen molar-refractivity contribution in [2.24, 2.45) is 5.92 Å². The van der Waals surface area contributed by atoms with Crippen LogP contribution in [0.25, 0.3) is 0 Å². The second kappa shape index (κ2) is 11.2. The molecule has 0 heterocycles. The van der Waals surface area contributed by atoms with Crippen molar-refractivity contribution < 1.29 is 19.4 Å². The van der Waals surface area contributed by atoms with Crippen molar-refractivity contribution in [1.29, 1.82) is 0 Å². The van der Waals surface area contributed by atoms with Gasteiger partial charge >= 0.3 is 0 Å². The Labute approximate surface area is 206 Å². The first-order chi connectivity index (χ1) is 15.7. The fourth-order valence-corrected chi connectivity index (χ4v) is 5.48. The molecule has 1 saturated carbocycles. The zero-order chi connectivity index (χ0) is 24.2. The molecule has 3 rings (SSSR count). The minimum absolute atomic E-state index is 0.0298. The molecule has 0 saturated heterocycles. The summed E-state index contributed by atoms with van der Waals surface area (Å²) in [6.45, 7) is 1.88. The Morgan fingerprint density at radius 2 is 1.82 bits per heavy atom. The summed E-state index contributed by atoms with van der Waals surface area (Å²) >= 11 is 8.08. The summed E-state index contributed by atoms with van der Waals surface area (Å²) < 4.78 is 11.1. The molecule has 7 heteroatoms. The molecule has 0 unspecified atom stereocenters. The number of halogens is 1. The molecule has 0 aliphatic heterocycles. The molecule has 1 amide bonds. The van der Waals surface area contributed by atoms with Crippen LogP contribution in [0.1, 0.15) is 49.3 Å². The molecule has 5 nitrogen and oxygen atoms in total. The van der Waals surface area contributed by atoms with E-state index in [1.54, 1.807) is 37.9 Å². The van der Waals surface area contributed by atoms with E-state index in [9.17, 15) is 9.90 Å². The summed E-state index contributed by atoms with van der Waals surface area (Å²) in [5, 5.41) is 11.5. The number of likely N-dealkylation sites (N-methyl/N-ethyl adjacent to an activating group) is 1. The van der Waals surface area contributed by atoms with Gasteiger partial charge in [-0.3, -0.25) is 4.79 Å². The van der Waals surface area contributed by atoms with Crippen LogP contribution in [0, 0.1) is 5.92 Å². The zero-order valence-corrected chi connectivity index (χ0v) is 21.5. The number of carbonyl (C=O) groups excluding carboxylic acids is 1. The predicted octanol–water partition coefficient (Wildman–Crippen LogP) is 5.52. The van der Waals surface area contributed by atoms with Gasteiger partial charge < -0.3 is 19.5 Å². The normalized spacial score (nSPS) is 18.3. The lowest BCUT2D eigenvalue weighted by molar-refractivity contribution is -0.271. The Balaban J connectivity index is 1.83. The van der Waals surface area contributed by atoms with Crippen LogP contribution >= 0.6 is 23.4 Å². The van der Waals surface area contributed by atoms with Crippen LogP contribution < -0.4 is 0 Å². The van der Waals surface area contributed by atoms with Gasteiger partial charge in [0.15, 0.2) is 5.79 Å². The lowest BCUT2D eigenvalue weighted by atomic mass is 9.72. The number of hydrogen-bond donors (Lipinski definition) is 1. The fourth-order valence-electron chi connectivity index (χ4n) is 4.60. The summed E-state index contributed by atoms with van der Waals surface area (Å²) in [5.74, 6) is -0.662. The van der Waals surface area contributed by atoms with Crippen LogP contribution in [0.15, 0.2) is 53.4 Å². The van der Waals surface area contributed by atoms with Crippen LogP contribution in [0.2, 0.25) is 5.02 Å². The van der Waals surface area contributed by atoms with Gasteiger partial charge in [0.05, 0.1) is 23.1 Å². The molecule has 1 N–H and O–H groups in total. The highest BCUT2D eigenvalue weighted by Gasteiger charge is 2.46. The van der Waals surface area contributed by atoms with Crippen molar-refractivity contribution in [2.75, 3.05) is 27.5 Å². The van der Waals surface area contributed by atoms with E-state index in [0.717, 1.165) is 28.9 Å². The smallest absolute Gasteiger partial charge is 0.230 e. The van der Waals surface area contributed by atoms with E-state index in [-0.39, 0.29) is 17.9 Å². The topological polar surface area (TPSA) is 59.0 Å². The molecule has 180 valence electrons. The average Bonchev–Trinajstić information content (AvgIpc) is 2.82. The molecule has 0 aromatic heterocycles. The molecule has 0 radical (unpaired) electrons. The molecule has 2 aromatic carbocycles. The minimum atomic E-state index is -0.776. The van der Waals surface area contributed by atoms with Crippen LogP contribution in [0.3, 0.4) is 0 Å². The van der Waals surface area contributed by atoms with Crippen molar-refractivity contribution >= 4 is 29.3 Å². The van der Waals surface area contributed by atoms with Crippen LogP contribution in [-0.2, 0) is 14.3 Å². The fraction of sp³-hybridized carbons (Fsp3) is 0.500. The van der Waals surface area contributed by atoms with Gasteiger partial charge in [-0.25, -0.2) is 0 Å². The molecule has 3 atom stereocenters. The van der Waals surface area contributed by atoms with Crippen molar-refractivity contribution in [2.45, 2.75) is 54.9 Å². The summed E-state index contributed by atoms with van der Waals surface area (Å²) in [7, 11) is 5.08. The van der Waals surface area contributed by atoms with Gasteiger partial charge in [-0.15, -0.1) is 11.8 Å². The third-order valence-electron chi connectivity index (χ3n) is 6.95. The van der Waals surface area contributed by atoms with Crippen molar-refractivity contribution in [3.05, 3.63) is 64.7 Å². The molecule has 1 aliphatic carbocycles. The van der Waals surface area contributed by atoms with E-state index >= 15 is 0 Å². The first-order valence-corrected chi connectivity index (χ1v) is 12.8. The van der Waals surface area contributed by atoms with E-state index in [2.05, 4.69) is 0 Å². The largest absolute Gasteiger partial charge is 0.386 e. The van der Waals surface area contributed by atoms with E-state index in [4.69, 9.17) is 21.1 Å². The summed E-state index contributed by atoms with van der Waals surface area (Å²) in [4.78, 5) is 16.4. The van der Waals surface area contributed by atoms with Gasteiger partial charge in [0.25, 0.3) is 0 Å². The second-order valence-electron chi connectivity index (χ2n) is 8.82. The third-order valence-corrected chi connectivity index (χ3v) is 8.17. The molecular formula is C26H34ClNO4S. The Morgan fingerprint density at radius 1 is 1.18 bits per heavy atom. The highest BCUT2D eigenvalue weighted by atomic mass is 35.5. The van der Waals surface area contributed by atoms with Crippen LogP contribution in [0.5, 0.6) is 0 Å². The Kier molecular flexibility index (Phi) is 8.87. The van der Waals surface area contributed by atoms with Gasteiger partial charge in [-0.1, -0.05) is 48.0 Å². The number of amides is 1. The Morgan fingerprint density at radius 3 is 2.36 bits per heavy atom. The summed E-state index contributed by atoms with van der Waals surface area (Å²) in [5.41, 5.74) is 1.68. The van der Waals surface area contributed by atoms with Crippen LogP contribution in [-0.4, -0.2) is 55.3 Å². The highest BCUT2D eigenvalue weighted by molar-refractivity contribution is 7.98. The molecule has 33 heavy (non-hydrogen) atoms. The lowest BCUT2D eigenvalue weighted by Gasteiger charge is -2.46. The molecule has 0 bridgehead atoms. The van der Waals surface area contributed by atoms with Gasteiger partial charge in [-0.05, 0) is 48.8 Å². The molecular weight excluding hydrogens is 458 g/mol. The number of aliphatic hydroxyl groups excluding tert-OH is 1. The number of methoxy groups -OCH3 is 2. The van der Waals surface area contributed by atoms with E-state index in [0.29, 0.717) is 17.4 Å². The number of nitrogens with zero attached hydrogens (tertiary/aromatic N) is 1. The van der Waals surface area contributed by atoms with E-state index in [1.807, 2.05) is 61.7 Å². The van der Waals surface area contributed by atoms with Crippen molar-refractivity contribution in [3.63, 3.8) is 0 Å². The van der Waals surface area contributed by atoms with Gasteiger partial charge in [0.2, 0.25) is 5.91 Å². The highest BCUT2D eigenvalue weighted by Crippen LogP contribution is 2.46. The number of benzene rings is 2. The number of aliphatic hydroxyl groups is 1. The van der Waals surface area contributed by atoms with Gasteiger partial charge in [-0.2, -0.15) is 0 Å². The van der Waals surface area contributed by atoms with Crippen LogP contribution in [0.4, 0.5) is 0 Å². The Hall–Kier alpha value is -1.57. The van der Waals surface area contributed by atoms with Crippen molar-refractivity contribution in [3.8, 4) is 0 Å². The first-order valence-electron chi connectivity index (χ1n) is 11.2. The lowest BCUT2D eigenvalue weighted by Crippen LogP contribution is -2.48. The SMILES string of the molecule is COC1(OC)CC(C[C@@H](C(=O)N(C)[C@H](C)[C@H](O)c2ccccc2)c2ccc(SC)c(Cl)c2)C1. The monoisotopic (exact) mass is 491 g/mol. The summed E-state index contributed by atoms with van der Waals surface area (Å²) in [6, 6.07) is 14.9.